The van der Waals surface area contributed by atoms with Gasteiger partial charge in [-0.1, -0.05) is 0 Å². The fraction of sp³-hybridized carbons (Fsp3) is 0.412. The van der Waals surface area contributed by atoms with E-state index in [0.29, 0.717) is 23.0 Å². The van der Waals surface area contributed by atoms with Crippen molar-refractivity contribution >= 4 is 30.2 Å². The number of ether oxygens (including phenoxy) is 1. The summed E-state index contributed by atoms with van der Waals surface area (Å²) in [6, 6.07) is 6.26. The van der Waals surface area contributed by atoms with E-state index in [-0.39, 0.29) is 18.3 Å². The van der Waals surface area contributed by atoms with E-state index in [0.717, 1.165) is 31.8 Å². The Balaban J connectivity index is 0.00000243. The fourth-order valence-corrected chi connectivity index (χ4v) is 2.82. The number of amides is 1. The molecule has 9 heteroatoms. The summed E-state index contributed by atoms with van der Waals surface area (Å²) in [5, 5.41) is 10.5. The monoisotopic (exact) mass is 379 g/mol. The van der Waals surface area contributed by atoms with Gasteiger partial charge < -0.3 is 10.1 Å². The van der Waals surface area contributed by atoms with Crippen LogP contribution in [-0.4, -0.2) is 46.8 Å². The number of methoxy groups -OCH3 is 1. The first-order chi connectivity index (χ1) is 12.1. The number of aryl methyl sites for hydroxylation is 1. The van der Waals surface area contributed by atoms with Crippen LogP contribution in [0.3, 0.4) is 0 Å². The average molecular weight is 380 g/mol. The van der Waals surface area contributed by atoms with E-state index in [1.54, 1.807) is 36.0 Å². The summed E-state index contributed by atoms with van der Waals surface area (Å²) in [5.74, 6) is 0.754. The highest BCUT2D eigenvalue weighted by molar-refractivity contribution is 6.04. The predicted molar refractivity (Wildman–Crippen MR) is 98.8 cm³/mol. The quantitative estimate of drug-likeness (QED) is 0.785. The van der Waals surface area contributed by atoms with Crippen molar-refractivity contribution in [2.24, 2.45) is 7.05 Å². The topological polar surface area (TPSA) is 98.1 Å². The van der Waals surface area contributed by atoms with Crippen LogP contribution in [0.15, 0.2) is 24.3 Å². The first kappa shape index (κ1) is 19.9. The maximum atomic E-state index is 12.4. The van der Waals surface area contributed by atoms with Gasteiger partial charge in [0.25, 0.3) is 5.91 Å². The van der Waals surface area contributed by atoms with E-state index < -0.39 is 5.97 Å². The molecule has 1 aliphatic heterocycles. The molecule has 2 aromatic rings. The van der Waals surface area contributed by atoms with E-state index >= 15 is 0 Å². The molecule has 1 amide bonds. The average Bonchev–Trinajstić information content (AvgIpc) is 3.02. The zero-order valence-corrected chi connectivity index (χ0v) is 15.5. The summed E-state index contributed by atoms with van der Waals surface area (Å²) < 4.78 is 6.22. The number of anilines is 1. The third-order valence-electron chi connectivity index (χ3n) is 4.28. The lowest BCUT2D eigenvalue weighted by Gasteiger charge is -2.19. The normalized spacial score (nSPS) is 14.4. The second-order valence-electron chi connectivity index (χ2n) is 5.96. The number of esters is 1. The van der Waals surface area contributed by atoms with Crippen LogP contribution in [0.5, 0.6) is 0 Å². The molecule has 0 atom stereocenters. The zero-order valence-electron chi connectivity index (χ0n) is 14.7. The van der Waals surface area contributed by atoms with Crippen LogP contribution in [0.2, 0.25) is 0 Å². The molecule has 1 fully saturated rings. The van der Waals surface area contributed by atoms with Gasteiger partial charge in [0, 0.05) is 18.5 Å². The summed E-state index contributed by atoms with van der Waals surface area (Å²) in [4.78, 5) is 28.3. The molecule has 26 heavy (non-hydrogen) atoms. The first-order valence-electron chi connectivity index (χ1n) is 8.20. The summed E-state index contributed by atoms with van der Waals surface area (Å²) >= 11 is 0. The van der Waals surface area contributed by atoms with Crippen LogP contribution < -0.4 is 10.6 Å². The highest BCUT2D eigenvalue weighted by Gasteiger charge is 2.21. The molecule has 1 aromatic carbocycles. The molecule has 1 aromatic heterocycles. The van der Waals surface area contributed by atoms with Crippen molar-refractivity contribution in [3.8, 4) is 0 Å². The lowest BCUT2D eigenvalue weighted by Crippen LogP contribution is -2.27. The van der Waals surface area contributed by atoms with E-state index in [1.807, 2.05) is 0 Å². The third-order valence-corrected chi connectivity index (χ3v) is 4.28. The molecule has 8 nitrogen and oxygen atoms in total. The second kappa shape index (κ2) is 8.77. The number of hydrogen-bond donors (Lipinski definition) is 2. The standard InChI is InChI=1S/C17H21N5O3.ClH/c1-22-17(19-14(21-22)11-7-9-18-10-8-11)20-15(23)12-3-5-13(6-4-12)16(24)25-2;/h3-6,11,18H,7-10H2,1-2H3,(H,19,20,21,23);1H. The van der Waals surface area contributed by atoms with Crippen LogP contribution in [0.25, 0.3) is 0 Å². The molecule has 1 aliphatic rings. The molecule has 0 spiro atoms. The molecule has 0 saturated carbocycles. The number of carbonyl (C=O) groups is 2. The van der Waals surface area contributed by atoms with E-state index in [4.69, 9.17) is 0 Å². The van der Waals surface area contributed by atoms with Crippen molar-refractivity contribution in [1.29, 1.82) is 0 Å². The molecule has 3 rings (SSSR count). The van der Waals surface area contributed by atoms with Gasteiger partial charge in [-0.25, -0.2) is 9.48 Å². The van der Waals surface area contributed by atoms with E-state index in [2.05, 4.69) is 25.5 Å². The Morgan fingerprint density at radius 1 is 1.19 bits per heavy atom. The van der Waals surface area contributed by atoms with Crippen molar-refractivity contribution in [3.05, 3.63) is 41.2 Å². The first-order valence-corrected chi connectivity index (χ1v) is 8.20. The van der Waals surface area contributed by atoms with E-state index in [9.17, 15) is 9.59 Å². The molecular formula is C17H22ClN5O3. The number of carbonyl (C=O) groups excluding carboxylic acids is 2. The smallest absolute Gasteiger partial charge is 0.337 e. The van der Waals surface area contributed by atoms with Gasteiger partial charge in [0.05, 0.1) is 12.7 Å². The largest absolute Gasteiger partial charge is 0.465 e. The Kier molecular flexibility index (Phi) is 6.70. The molecule has 0 unspecified atom stereocenters. The minimum absolute atomic E-state index is 0. The number of benzene rings is 1. The summed E-state index contributed by atoms with van der Waals surface area (Å²) in [6.45, 7) is 1.91. The van der Waals surface area contributed by atoms with Gasteiger partial charge >= 0.3 is 5.97 Å². The minimum Gasteiger partial charge on any atom is -0.465 e. The van der Waals surface area contributed by atoms with Gasteiger partial charge in [0.15, 0.2) is 5.82 Å². The van der Waals surface area contributed by atoms with Gasteiger partial charge in [0.1, 0.15) is 0 Å². The molecule has 0 radical (unpaired) electrons. The zero-order chi connectivity index (χ0) is 17.8. The number of nitrogens with one attached hydrogen (secondary N) is 2. The predicted octanol–water partition coefficient (Wildman–Crippen LogP) is 1.74. The van der Waals surface area contributed by atoms with E-state index in [1.165, 1.54) is 7.11 Å². The molecule has 0 bridgehead atoms. The van der Waals surface area contributed by atoms with Crippen LogP contribution in [-0.2, 0) is 11.8 Å². The number of nitrogens with zero attached hydrogens (tertiary/aromatic N) is 3. The molecule has 140 valence electrons. The van der Waals surface area contributed by atoms with Crippen molar-refractivity contribution in [2.75, 3.05) is 25.5 Å². The molecular weight excluding hydrogens is 358 g/mol. The van der Waals surface area contributed by atoms with Crippen molar-refractivity contribution in [3.63, 3.8) is 0 Å². The number of halogens is 1. The van der Waals surface area contributed by atoms with Gasteiger partial charge in [-0.2, -0.15) is 10.1 Å². The van der Waals surface area contributed by atoms with Gasteiger partial charge in [-0.15, -0.1) is 12.4 Å². The van der Waals surface area contributed by atoms with Crippen molar-refractivity contribution < 1.29 is 14.3 Å². The number of aromatic nitrogens is 3. The summed E-state index contributed by atoms with van der Waals surface area (Å²) in [6.07, 6.45) is 1.98. The fourth-order valence-electron chi connectivity index (χ4n) is 2.82. The SMILES string of the molecule is COC(=O)c1ccc(C(=O)Nc2nc(C3CCNCC3)nn2C)cc1.Cl. The molecule has 2 N–H and O–H groups in total. The maximum absolute atomic E-state index is 12.4. The lowest BCUT2D eigenvalue weighted by atomic mass is 9.98. The highest BCUT2D eigenvalue weighted by Crippen LogP contribution is 2.23. The second-order valence-corrected chi connectivity index (χ2v) is 5.96. The Morgan fingerprint density at radius 2 is 1.81 bits per heavy atom. The van der Waals surface area contributed by atoms with Crippen LogP contribution >= 0.6 is 12.4 Å². The molecule has 1 saturated heterocycles. The minimum atomic E-state index is -0.438. The van der Waals surface area contributed by atoms with Crippen molar-refractivity contribution in [2.45, 2.75) is 18.8 Å². The number of rotatable bonds is 4. The summed E-state index contributed by atoms with van der Waals surface area (Å²) in [5.41, 5.74) is 0.824. The number of hydrogen-bond acceptors (Lipinski definition) is 6. The van der Waals surface area contributed by atoms with Crippen LogP contribution in [0.1, 0.15) is 45.3 Å². The maximum Gasteiger partial charge on any atom is 0.337 e. The van der Waals surface area contributed by atoms with Crippen LogP contribution in [0, 0.1) is 0 Å². The van der Waals surface area contributed by atoms with Crippen LogP contribution in [0.4, 0.5) is 5.95 Å². The Labute approximate surface area is 157 Å². The lowest BCUT2D eigenvalue weighted by molar-refractivity contribution is 0.0600. The molecule has 2 heterocycles. The summed E-state index contributed by atoms with van der Waals surface area (Å²) in [7, 11) is 3.07. The molecule has 0 aliphatic carbocycles. The number of piperidine rings is 1. The Bertz CT molecular complexity index is 769. The Morgan fingerprint density at radius 3 is 2.42 bits per heavy atom. The Hall–Kier alpha value is -2.45. The third kappa shape index (κ3) is 4.39. The highest BCUT2D eigenvalue weighted by atomic mass is 35.5. The van der Waals surface area contributed by atoms with Gasteiger partial charge in [-0.3, -0.25) is 10.1 Å². The van der Waals surface area contributed by atoms with Gasteiger partial charge in [0.2, 0.25) is 5.95 Å². The van der Waals surface area contributed by atoms with Gasteiger partial charge in [-0.05, 0) is 50.2 Å². The van der Waals surface area contributed by atoms with Crippen molar-refractivity contribution in [1.82, 2.24) is 20.1 Å².